The Kier molecular flexibility index (Phi) is 3.07. The summed E-state index contributed by atoms with van der Waals surface area (Å²) in [5, 5.41) is 0. The quantitative estimate of drug-likeness (QED) is 0.680. The number of alkyl halides is 6. The summed E-state index contributed by atoms with van der Waals surface area (Å²) in [6.45, 7) is 0. The van der Waals surface area contributed by atoms with Gasteiger partial charge in [0.05, 0.1) is 11.1 Å². The summed E-state index contributed by atoms with van der Waals surface area (Å²) in [7, 11) is 2.82. The third-order valence-electron chi connectivity index (χ3n) is 1.77. The van der Waals surface area contributed by atoms with E-state index in [2.05, 4.69) is 11.8 Å². The first-order valence-corrected chi connectivity index (χ1v) is 3.86. The fourth-order valence-corrected chi connectivity index (χ4v) is 1.09. The predicted octanol–water partition coefficient (Wildman–Crippen LogP) is 3.89. The maximum atomic E-state index is 12.3. The Labute approximate surface area is 86.6 Å². The molecular weight excluding hydrogens is 238 g/mol. The Bertz CT molecular complexity index is 379. The average molecular weight is 243 g/mol. The van der Waals surface area contributed by atoms with Crippen LogP contribution in [0, 0.1) is 7.11 Å². The Balaban J connectivity index is 3.40. The molecule has 0 heterocycles. The number of rotatable bonds is 1. The molecule has 0 saturated carbocycles. The van der Waals surface area contributed by atoms with Crippen LogP contribution in [0.25, 0.3) is 0 Å². The predicted molar refractivity (Wildman–Crippen MR) is 42.4 cm³/mol. The highest BCUT2D eigenvalue weighted by Crippen LogP contribution is 2.41. The molecule has 89 valence electrons. The van der Waals surface area contributed by atoms with Gasteiger partial charge in [0.15, 0.2) is 0 Å². The molecule has 7 heteroatoms. The van der Waals surface area contributed by atoms with E-state index in [-0.39, 0.29) is 11.8 Å². The van der Waals surface area contributed by atoms with E-state index >= 15 is 0 Å². The van der Waals surface area contributed by atoms with Crippen molar-refractivity contribution in [2.75, 3.05) is 0 Å². The van der Waals surface area contributed by atoms with Crippen molar-refractivity contribution in [3.63, 3.8) is 0 Å². The first-order chi connectivity index (χ1) is 7.16. The molecule has 1 nitrogen and oxygen atoms in total. The molecule has 16 heavy (non-hydrogen) atoms. The van der Waals surface area contributed by atoms with E-state index in [1.54, 1.807) is 0 Å². The van der Waals surface area contributed by atoms with Gasteiger partial charge in [-0.2, -0.15) is 26.3 Å². The number of hydrogen-bond acceptors (Lipinski definition) is 1. The van der Waals surface area contributed by atoms with E-state index in [0.29, 0.717) is 6.07 Å². The van der Waals surface area contributed by atoms with Crippen molar-refractivity contribution in [1.29, 1.82) is 0 Å². The van der Waals surface area contributed by atoms with E-state index < -0.39 is 23.5 Å². The minimum atomic E-state index is -5.10. The van der Waals surface area contributed by atoms with Crippen molar-refractivity contribution >= 4 is 0 Å². The minimum Gasteiger partial charge on any atom is -0.490 e. The molecule has 1 radical (unpaired) electrons. The first kappa shape index (κ1) is 12.7. The molecule has 0 spiro atoms. The normalized spacial score (nSPS) is 12.7. The van der Waals surface area contributed by atoms with Gasteiger partial charge in [0.1, 0.15) is 12.9 Å². The van der Waals surface area contributed by atoms with Gasteiger partial charge < -0.3 is 4.74 Å². The molecule has 0 atom stereocenters. The fraction of sp³-hybridized carbons (Fsp3) is 0.222. The average Bonchev–Trinajstić information content (AvgIpc) is 2.14. The topological polar surface area (TPSA) is 9.23 Å². The van der Waals surface area contributed by atoms with Crippen molar-refractivity contribution in [2.45, 2.75) is 12.4 Å². The molecule has 0 N–H and O–H groups in total. The van der Waals surface area contributed by atoms with Gasteiger partial charge in [-0.25, -0.2) is 0 Å². The monoisotopic (exact) mass is 243 g/mol. The van der Waals surface area contributed by atoms with Crippen LogP contribution in [-0.4, -0.2) is 0 Å². The van der Waals surface area contributed by atoms with Crippen LogP contribution in [0.5, 0.6) is 5.75 Å². The summed E-state index contributed by atoms with van der Waals surface area (Å²) >= 11 is 0. The lowest BCUT2D eigenvalue weighted by atomic mass is 10.1. The summed E-state index contributed by atoms with van der Waals surface area (Å²) in [6, 6.07) is 1.34. The lowest BCUT2D eigenvalue weighted by Gasteiger charge is -2.15. The van der Waals surface area contributed by atoms with Gasteiger partial charge in [-0.3, -0.25) is 0 Å². The van der Waals surface area contributed by atoms with Crippen LogP contribution < -0.4 is 4.74 Å². The lowest BCUT2D eigenvalue weighted by molar-refractivity contribution is -0.162. The molecule has 0 fully saturated rings. The van der Waals surface area contributed by atoms with Crippen molar-refractivity contribution in [3.8, 4) is 5.75 Å². The van der Waals surface area contributed by atoms with E-state index in [0.717, 1.165) is 6.07 Å². The number of hydrogen-bond donors (Lipinski definition) is 0. The fourth-order valence-electron chi connectivity index (χ4n) is 1.09. The van der Waals surface area contributed by atoms with Gasteiger partial charge in [0, 0.05) is 0 Å². The standard InChI is InChI=1S/C9H5F6O/c1-16-5-2-3-6(8(10,11)12)7(4-5)9(13,14)15/h2-4H,1H2. The molecule has 1 aromatic rings. The van der Waals surface area contributed by atoms with E-state index in [4.69, 9.17) is 0 Å². The summed E-state index contributed by atoms with van der Waals surface area (Å²) < 4.78 is 77.9. The Morgan fingerprint density at radius 2 is 1.38 bits per heavy atom. The van der Waals surface area contributed by atoms with E-state index in [9.17, 15) is 26.3 Å². The van der Waals surface area contributed by atoms with Crippen LogP contribution in [0.1, 0.15) is 11.1 Å². The number of ether oxygens (including phenoxy) is 1. The second kappa shape index (κ2) is 3.88. The minimum absolute atomic E-state index is 0.260. The van der Waals surface area contributed by atoms with E-state index in [1.165, 1.54) is 0 Å². The molecular formula is C9H5F6O. The summed E-state index contributed by atoms with van der Waals surface area (Å²) in [5.41, 5.74) is -3.54. The highest BCUT2D eigenvalue weighted by Gasteiger charge is 2.43. The van der Waals surface area contributed by atoms with Crippen LogP contribution in [0.4, 0.5) is 26.3 Å². The zero-order chi connectivity index (χ0) is 12.6. The molecule has 0 saturated heterocycles. The molecule has 0 unspecified atom stereocenters. The van der Waals surface area contributed by atoms with Crippen molar-refractivity contribution in [1.82, 2.24) is 0 Å². The van der Waals surface area contributed by atoms with Gasteiger partial charge in [-0.05, 0) is 18.2 Å². The first-order valence-electron chi connectivity index (χ1n) is 3.86. The van der Waals surface area contributed by atoms with Crippen molar-refractivity contribution in [2.24, 2.45) is 0 Å². The summed E-state index contributed by atoms with van der Waals surface area (Å²) in [6.07, 6.45) is -10.2. The van der Waals surface area contributed by atoms with Gasteiger partial charge in [-0.15, -0.1) is 0 Å². The molecule has 0 amide bonds. The number of benzene rings is 1. The van der Waals surface area contributed by atoms with Gasteiger partial charge in [0.25, 0.3) is 0 Å². The van der Waals surface area contributed by atoms with Crippen LogP contribution in [-0.2, 0) is 12.4 Å². The highest BCUT2D eigenvalue weighted by molar-refractivity contribution is 5.39. The molecule has 1 rings (SSSR count). The highest BCUT2D eigenvalue weighted by atomic mass is 19.4. The van der Waals surface area contributed by atoms with Gasteiger partial charge >= 0.3 is 12.4 Å². The SMILES string of the molecule is [CH2]Oc1ccc(C(F)(F)F)c(C(F)(F)F)c1. The van der Waals surface area contributed by atoms with Crippen molar-refractivity contribution in [3.05, 3.63) is 36.4 Å². The molecule has 0 aromatic heterocycles. The molecule has 0 bridgehead atoms. The maximum Gasteiger partial charge on any atom is 0.417 e. The Morgan fingerprint density at radius 3 is 1.75 bits per heavy atom. The molecule has 0 aliphatic carbocycles. The second-order valence-electron chi connectivity index (χ2n) is 2.85. The van der Waals surface area contributed by atoms with Gasteiger partial charge in [0.2, 0.25) is 0 Å². The van der Waals surface area contributed by atoms with Crippen LogP contribution >= 0.6 is 0 Å². The molecule has 0 aliphatic rings. The Morgan fingerprint density at radius 1 is 0.875 bits per heavy atom. The van der Waals surface area contributed by atoms with Crippen LogP contribution in [0.15, 0.2) is 18.2 Å². The maximum absolute atomic E-state index is 12.3. The second-order valence-corrected chi connectivity index (χ2v) is 2.85. The van der Waals surface area contributed by atoms with Gasteiger partial charge in [-0.1, -0.05) is 0 Å². The number of halogens is 6. The molecule has 1 aromatic carbocycles. The summed E-state index contributed by atoms with van der Waals surface area (Å²) in [4.78, 5) is 0. The zero-order valence-electron chi connectivity index (χ0n) is 7.62. The lowest BCUT2D eigenvalue weighted by Crippen LogP contribution is -2.16. The summed E-state index contributed by atoms with van der Waals surface area (Å²) in [5.74, 6) is -0.389. The smallest absolute Gasteiger partial charge is 0.417 e. The van der Waals surface area contributed by atoms with Crippen LogP contribution in [0.3, 0.4) is 0 Å². The van der Waals surface area contributed by atoms with Crippen LogP contribution in [0.2, 0.25) is 0 Å². The van der Waals surface area contributed by atoms with E-state index in [1.807, 2.05) is 0 Å². The Hall–Kier alpha value is -1.40. The zero-order valence-corrected chi connectivity index (χ0v) is 7.62. The third kappa shape index (κ3) is 2.59. The largest absolute Gasteiger partial charge is 0.490 e. The molecule has 0 aliphatic heterocycles. The van der Waals surface area contributed by atoms with Crippen molar-refractivity contribution < 1.29 is 31.1 Å². The third-order valence-corrected chi connectivity index (χ3v) is 1.77.